The van der Waals surface area contributed by atoms with Gasteiger partial charge in [0.1, 0.15) is 9.61 Å². The fourth-order valence-corrected chi connectivity index (χ4v) is 2.02. The number of carbonyl (C=O) groups excluding carboxylic acids is 1. The summed E-state index contributed by atoms with van der Waals surface area (Å²) >= 11 is 6.86. The minimum atomic E-state index is -1.05. The standard InChI is InChI=1S/C8H7ClN2OS/c9-8(13-5-10)4-2-1-3-6(8)7(11)12/h1-4,6H,(H2,11,12). The van der Waals surface area contributed by atoms with Crippen molar-refractivity contribution in [3.05, 3.63) is 24.3 Å². The summed E-state index contributed by atoms with van der Waals surface area (Å²) in [5, 5.41) is 10.4. The van der Waals surface area contributed by atoms with E-state index in [9.17, 15) is 4.79 Å². The molecule has 68 valence electrons. The van der Waals surface area contributed by atoms with Crippen LogP contribution >= 0.6 is 23.4 Å². The number of rotatable bonds is 2. The number of hydrogen-bond donors (Lipinski definition) is 1. The summed E-state index contributed by atoms with van der Waals surface area (Å²) in [6.07, 6.45) is 6.57. The lowest BCUT2D eigenvalue weighted by Gasteiger charge is -2.26. The first-order valence-electron chi connectivity index (χ1n) is 3.51. The third kappa shape index (κ3) is 2.06. The topological polar surface area (TPSA) is 66.9 Å². The first-order chi connectivity index (χ1) is 6.10. The quantitative estimate of drug-likeness (QED) is 0.558. The smallest absolute Gasteiger partial charge is 0.227 e. The van der Waals surface area contributed by atoms with Gasteiger partial charge >= 0.3 is 0 Å². The molecule has 0 aliphatic heterocycles. The number of thioether (sulfide) groups is 1. The second kappa shape index (κ2) is 3.86. The molecule has 2 atom stereocenters. The van der Waals surface area contributed by atoms with Gasteiger partial charge < -0.3 is 5.73 Å². The Hall–Kier alpha value is -0.920. The molecule has 0 fully saturated rings. The van der Waals surface area contributed by atoms with Crippen molar-refractivity contribution in [2.24, 2.45) is 11.7 Å². The molecule has 1 aliphatic rings. The molecule has 0 saturated carbocycles. The van der Waals surface area contributed by atoms with E-state index >= 15 is 0 Å². The highest BCUT2D eigenvalue weighted by Crippen LogP contribution is 2.40. The molecule has 0 heterocycles. The summed E-state index contributed by atoms with van der Waals surface area (Å²) in [5.74, 6) is -1.16. The van der Waals surface area contributed by atoms with Gasteiger partial charge in [0.15, 0.2) is 0 Å². The van der Waals surface area contributed by atoms with Crippen LogP contribution in [0.3, 0.4) is 0 Å². The van der Waals surface area contributed by atoms with Crippen LogP contribution in [0.2, 0.25) is 0 Å². The predicted molar refractivity (Wildman–Crippen MR) is 52.8 cm³/mol. The number of thiocyanates is 1. The zero-order valence-electron chi connectivity index (χ0n) is 6.61. The molecule has 1 amide bonds. The van der Waals surface area contributed by atoms with Crippen molar-refractivity contribution in [2.45, 2.75) is 4.21 Å². The molecule has 2 unspecified atom stereocenters. The molecule has 0 aromatic rings. The number of primary amides is 1. The molecule has 0 radical (unpaired) electrons. The third-order valence-corrected chi connectivity index (χ3v) is 3.06. The lowest BCUT2D eigenvalue weighted by molar-refractivity contribution is -0.120. The van der Waals surface area contributed by atoms with Crippen molar-refractivity contribution in [3.8, 4) is 5.40 Å². The lowest BCUT2D eigenvalue weighted by Crippen LogP contribution is -2.36. The number of nitriles is 1. The van der Waals surface area contributed by atoms with E-state index in [-0.39, 0.29) is 0 Å². The third-order valence-electron chi connectivity index (χ3n) is 1.67. The van der Waals surface area contributed by atoms with E-state index < -0.39 is 16.0 Å². The maximum atomic E-state index is 11.0. The Balaban J connectivity index is 2.94. The van der Waals surface area contributed by atoms with Crippen molar-refractivity contribution in [1.82, 2.24) is 0 Å². The largest absolute Gasteiger partial charge is 0.369 e. The first kappa shape index (κ1) is 10.2. The van der Waals surface area contributed by atoms with Crippen LogP contribution in [0.4, 0.5) is 0 Å². The number of amides is 1. The molecular formula is C8H7ClN2OS. The van der Waals surface area contributed by atoms with Crippen LogP contribution in [0.1, 0.15) is 0 Å². The molecule has 0 spiro atoms. The Morgan fingerprint density at radius 2 is 2.38 bits per heavy atom. The number of carbonyl (C=O) groups is 1. The van der Waals surface area contributed by atoms with Crippen LogP contribution in [-0.4, -0.2) is 10.1 Å². The summed E-state index contributed by atoms with van der Waals surface area (Å²) in [5.41, 5.74) is 5.14. The van der Waals surface area contributed by atoms with Crippen LogP contribution in [0.25, 0.3) is 0 Å². The SMILES string of the molecule is N#CSC1(Cl)C=CC=CC1C(N)=O. The highest BCUT2D eigenvalue weighted by atomic mass is 35.5. The van der Waals surface area contributed by atoms with Crippen LogP contribution < -0.4 is 5.73 Å². The van der Waals surface area contributed by atoms with E-state index in [0.29, 0.717) is 0 Å². The molecule has 0 saturated heterocycles. The number of nitrogens with two attached hydrogens (primary N) is 1. The van der Waals surface area contributed by atoms with E-state index in [1.54, 1.807) is 24.3 Å². The van der Waals surface area contributed by atoms with Gasteiger partial charge in [0.2, 0.25) is 5.91 Å². The van der Waals surface area contributed by atoms with Crippen LogP contribution in [0.5, 0.6) is 0 Å². The number of hydrogen-bond acceptors (Lipinski definition) is 3. The number of alkyl halides is 1. The summed E-state index contributed by atoms with van der Waals surface area (Å²) in [6, 6.07) is 0. The minimum Gasteiger partial charge on any atom is -0.369 e. The average Bonchev–Trinajstić information content (AvgIpc) is 2.04. The van der Waals surface area contributed by atoms with Crippen molar-refractivity contribution in [3.63, 3.8) is 0 Å². The van der Waals surface area contributed by atoms with E-state index in [0.717, 1.165) is 11.8 Å². The van der Waals surface area contributed by atoms with Crippen molar-refractivity contribution >= 4 is 29.3 Å². The fourth-order valence-electron chi connectivity index (χ4n) is 1.05. The maximum absolute atomic E-state index is 11.0. The van der Waals surface area contributed by atoms with Crippen LogP contribution in [0, 0.1) is 16.6 Å². The highest BCUT2D eigenvalue weighted by Gasteiger charge is 2.39. The Labute approximate surface area is 85.2 Å². The summed E-state index contributed by atoms with van der Waals surface area (Å²) < 4.78 is -1.05. The first-order valence-corrected chi connectivity index (χ1v) is 4.71. The minimum absolute atomic E-state index is 0.529. The van der Waals surface area contributed by atoms with E-state index in [1.165, 1.54) is 0 Å². The molecule has 0 bridgehead atoms. The van der Waals surface area contributed by atoms with Gasteiger partial charge in [-0.3, -0.25) is 4.79 Å². The lowest BCUT2D eigenvalue weighted by atomic mass is 9.99. The van der Waals surface area contributed by atoms with Gasteiger partial charge in [-0.2, -0.15) is 5.26 Å². The second-order valence-corrected chi connectivity index (χ2v) is 4.43. The van der Waals surface area contributed by atoms with Gasteiger partial charge in [0.05, 0.1) is 5.92 Å². The molecule has 13 heavy (non-hydrogen) atoms. The average molecular weight is 215 g/mol. The zero-order chi connectivity index (χ0) is 9.90. The normalized spacial score (nSPS) is 31.2. The van der Waals surface area contributed by atoms with Crippen molar-refractivity contribution in [1.29, 1.82) is 5.26 Å². The molecule has 1 aliphatic carbocycles. The van der Waals surface area contributed by atoms with Gasteiger partial charge in [0, 0.05) is 0 Å². The number of allylic oxidation sites excluding steroid dienone is 2. The Bertz CT molecular complexity index is 321. The van der Waals surface area contributed by atoms with Crippen molar-refractivity contribution in [2.75, 3.05) is 0 Å². The van der Waals surface area contributed by atoms with Gasteiger partial charge in [-0.05, 0) is 11.8 Å². The molecule has 5 heteroatoms. The molecule has 2 N–H and O–H groups in total. The van der Waals surface area contributed by atoms with Crippen LogP contribution in [0.15, 0.2) is 24.3 Å². The van der Waals surface area contributed by atoms with Gasteiger partial charge in [-0.1, -0.05) is 24.3 Å². The summed E-state index contributed by atoms with van der Waals surface area (Å²) in [4.78, 5) is 11.0. The molecular weight excluding hydrogens is 208 g/mol. The number of nitrogens with zero attached hydrogens (tertiary/aromatic N) is 1. The van der Waals surface area contributed by atoms with Crippen LogP contribution in [-0.2, 0) is 4.79 Å². The van der Waals surface area contributed by atoms with E-state index in [4.69, 9.17) is 22.6 Å². The zero-order valence-corrected chi connectivity index (χ0v) is 8.18. The van der Waals surface area contributed by atoms with Crippen molar-refractivity contribution < 1.29 is 4.79 Å². The number of halogens is 1. The maximum Gasteiger partial charge on any atom is 0.227 e. The van der Waals surface area contributed by atoms with Gasteiger partial charge in [-0.15, -0.1) is 11.6 Å². The Morgan fingerprint density at radius 3 is 2.92 bits per heavy atom. The summed E-state index contributed by atoms with van der Waals surface area (Å²) in [7, 11) is 0. The van der Waals surface area contributed by atoms with E-state index in [1.807, 2.05) is 5.40 Å². The molecule has 0 aromatic carbocycles. The Morgan fingerprint density at radius 1 is 1.69 bits per heavy atom. The highest BCUT2D eigenvalue weighted by molar-refractivity contribution is 8.06. The fraction of sp³-hybridized carbons (Fsp3) is 0.250. The molecule has 1 rings (SSSR count). The van der Waals surface area contributed by atoms with Gasteiger partial charge in [0.25, 0.3) is 0 Å². The monoisotopic (exact) mass is 214 g/mol. The predicted octanol–water partition coefficient (Wildman–Crippen LogP) is 1.36. The molecule has 0 aromatic heterocycles. The molecule has 3 nitrogen and oxygen atoms in total. The van der Waals surface area contributed by atoms with Gasteiger partial charge in [-0.25, -0.2) is 0 Å². The summed E-state index contributed by atoms with van der Waals surface area (Å²) in [6.45, 7) is 0. The second-order valence-electron chi connectivity index (χ2n) is 2.52. The van der Waals surface area contributed by atoms with E-state index in [2.05, 4.69) is 0 Å². The Kier molecular flexibility index (Phi) is 3.02.